The molecule has 1 aromatic carbocycles. The van der Waals surface area contributed by atoms with Crippen molar-refractivity contribution in [3.8, 4) is 0 Å². The van der Waals surface area contributed by atoms with E-state index in [9.17, 15) is 14.7 Å². The summed E-state index contributed by atoms with van der Waals surface area (Å²) in [6, 6.07) is 7.36. The maximum Gasteiger partial charge on any atom is 0.311 e. The Kier molecular flexibility index (Phi) is 4.96. The third kappa shape index (κ3) is 3.72. The highest BCUT2D eigenvalue weighted by atomic mass is 16.4. The van der Waals surface area contributed by atoms with Crippen LogP contribution in [0.1, 0.15) is 55.2 Å². The summed E-state index contributed by atoms with van der Waals surface area (Å²) in [5.41, 5.74) is 1.79. The standard InChI is InChI=1S/C18H24N2O3/c21-17(8-7-12-4-3-9-19-11-12)20-16-10-15(18(22)23)13-5-1-2-6-14(13)16/h1-2,5-6,12,15-16,19H,3-4,7-11H2,(H,20,21)(H,22,23). The molecule has 2 aliphatic rings. The van der Waals surface area contributed by atoms with Gasteiger partial charge in [-0.15, -0.1) is 0 Å². The molecule has 5 heteroatoms. The molecule has 124 valence electrons. The molecule has 0 saturated carbocycles. The van der Waals surface area contributed by atoms with Crippen molar-refractivity contribution in [2.24, 2.45) is 5.92 Å². The Labute approximate surface area is 136 Å². The first-order chi connectivity index (χ1) is 11.1. The van der Waals surface area contributed by atoms with Crippen molar-refractivity contribution in [3.63, 3.8) is 0 Å². The molecule has 1 aliphatic heterocycles. The fourth-order valence-corrected chi connectivity index (χ4v) is 3.78. The molecule has 0 bridgehead atoms. The lowest BCUT2D eigenvalue weighted by Crippen LogP contribution is -2.32. The number of nitrogens with one attached hydrogen (secondary N) is 2. The number of piperidine rings is 1. The maximum absolute atomic E-state index is 12.2. The molecule has 1 aliphatic carbocycles. The molecular weight excluding hydrogens is 292 g/mol. The van der Waals surface area contributed by atoms with Crippen LogP contribution in [0.4, 0.5) is 0 Å². The van der Waals surface area contributed by atoms with Gasteiger partial charge in [0.25, 0.3) is 0 Å². The van der Waals surface area contributed by atoms with Crippen molar-refractivity contribution in [2.75, 3.05) is 13.1 Å². The summed E-state index contributed by atoms with van der Waals surface area (Å²) < 4.78 is 0. The smallest absolute Gasteiger partial charge is 0.311 e. The number of fused-ring (bicyclic) bond motifs is 1. The second-order valence-electron chi connectivity index (χ2n) is 6.63. The van der Waals surface area contributed by atoms with Gasteiger partial charge in [0.15, 0.2) is 0 Å². The largest absolute Gasteiger partial charge is 0.481 e. The first-order valence-electron chi connectivity index (χ1n) is 8.47. The van der Waals surface area contributed by atoms with Crippen molar-refractivity contribution in [3.05, 3.63) is 35.4 Å². The molecule has 3 atom stereocenters. The van der Waals surface area contributed by atoms with Crippen molar-refractivity contribution in [1.82, 2.24) is 10.6 Å². The second kappa shape index (κ2) is 7.13. The summed E-state index contributed by atoms with van der Waals surface area (Å²) in [5, 5.41) is 15.8. The highest BCUT2D eigenvalue weighted by Gasteiger charge is 2.35. The molecule has 23 heavy (non-hydrogen) atoms. The zero-order valence-electron chi connectivity index (χ0n) is 13.3. The Morgan fingerprint density at radius 2 is 2.04 bits per heavy atom. The molecule has 1 fully saturated rings. The van der Waals surface area contributed by atoms with E-state index < -0.39 is 11.9 Å². The van der Waals surface area contributed by atoms with E-state index in [4.69, 9.17) is 0 Å². The van der Waals surface area contributed by atoms with Gasteiger partial charge >= 0.3 is 5.97 Å². The molecule has 3 N–H and O–H groups in total. The summed E-state index contributed by atoms with van der Waals surface area (Å²) in [6.45, 7) is 2.08. The predicted molar refractivity (Wildman–Crippen MR) is 87.1 cm³/mol. The zero-order chi connectivity index (χ0) is 16.2. The van der Waals surface area contributed by atoms with Crippen LogP contribution in [-0.4, -0.2) is 30.1 Å². The van der Waals surface area contributed by atoms with Crippen LogP contribution in [0.3, 0.4) is 0 Å². The van der Waals surface area contributed by atoms with Crippen LogP contribution >= 0.6 is 0 Å². The van der Waals surface area contributed by atoms with Crippen LogP contribution in [-0.2, 0) is 9.59 Å². The third-order valence-corrected chi connectivity index (χ3v) is 5.03. The Bertz CT molecular complexity index is 581. The first-order valence-corrected chi connectivity index (χ1v) is 8.47. The van der Waals surface area contributed by atoms with E-state index >= 15 is 0 Å². The van der Waals surface area contributed by atoms with Gasteiger partial charge in [0, 0.05) is 6.42 Å². The number of hydrogen-bond donors (Lipinski definition) is 3. The lowest BCUT2D eigenvalue weighted by molar-refractivity contribution is -0.139. The lowest BCUT2D eigenvalue weighted by atomic mass is 9.94. The van der Waals surface area contributed by atoms with Gasteiger partial charge in [0.05, 0.1) is 12.0 Å². The number of aliphatic carboxylic acids is 1. The molecule has 3 rings (SSSR count). The number of benzene rings is 1. The minimum atomic E-state index is -0.817. The molecule has 1 heterocycles. The van der Waals surface area contributed by atoms with Gasteiger partial charge in [-0.1, -0.05) is 24.3 Å². The van der Waals surface area contributed by atoms with Gasteiger partial charge in [-0.05, 0) is 55.8 Å². The monoisotopic (exact) mass is 316 g/mol. The van der Waals surface area contributed by atoms with E-state index in [0.717, 1.165) is 30.6 Å². The minimum absolute atomic E-state index is 0.0291. The molecule has 0 radical (unpaired) electrons. The molecule has 1 saturated heterocycles. The van der Waals surface area contributed by atoms with Crippen molar-refractivity contribution >= 4 is 11.9 Å². The Hall–Kier alpha value is -1.88. The van der Waals surface area contributed by atoms with Crippen LogP contribution in [0.25, 0.3) is 0 Å². The molecular formula is C18H24N2O3. The van der Waals surface area contributed by atoms with Crippen LogP contribution < -0.4 is 10.6 Å². The third-order valence-electron chi connectivity index (χ3n) is 5.03. The fourth-order valence-electron chi connectivity index (χ4n) is 3.78. The quantitative estimate of drug-likeness (QED) is 0.778. The maximum atomic E-state index is 12.2. The summed E-state index contributed by atoms with van der Waals surface area (Å²) >= 11 is 0. The molecule has 3 unspecified atom stereocenters. The van der Waals surface area contributed by atoms with E-state index in [-0.39, 0.29) is 11.9 Å². The predicted octanol–water partition coefficient (Wildman–Crippen LogP) is 2.20. The van der Waals surface area contributed by atoms with Gasteiger partial charge < -0.3 is 15.7 Å². The van der Waals surface area contributed by atoms with Crippen molar-refractivity contribution in [2.45, 2.75) is 44.1 Å². The number of carbonyl (C=O) groups is 2. The molecule has 0 aromatic heterocycles. The van der Waals surface area contributed by atoms with Crippen LogP contribution in [0, 0.1) is 5.92 Å². The van der Waals surface area contributed by atoms with Crippen molar-refractivity contribution < 1.29 is 14.7 Å². The average Bonchev–Trinajstić information content (AvgIpc) is 2.93. The van der Waals surface area contributed by atoms with Gasteiger partial charge in [-0.3, -0.25) is 9.59 Å². The average molecular weight is 316 g/mol. The first kappa shape index (κ1) is 16.0. The van der Waals surface area contributed by atoms with E-state index in [1.54, 1.807) is 0 Å². The van der Waals surface area contributed by atoms with Gasteiger partial charge in [-0.25, -0.2) is 0 Å². The Morgan fingerprint density at radius 1 is 1.26 bits per heavy atom. The van der Waals surface area contributed by atoms with E-state index in [2.05, 4.69) is 10.6 Å². The Balaban J connectivity index is 1.57. The zero-order valence-corrected chi connectivity index (χ0v) is 13.3. The molecule has 1 amide bonds. The van der Waals surface area contributed by atoms with Crippen LogP contribution in [0.2, 0.25) is 0 Å². The molecule has 0 spiro atoms. The van der Waals surface area contributed by atoms with Crippen LogP contribution in [0.5, 0.6) is 0 Å². The molecule has 1 aromatic rings. The summed E-state index contributed by atoms with van der Waals surface area (Å²) in [6.07, 6.45) is 4.24. The number of carbonyl (C=O) groups excluding carboxylic acids is 1. The number of rotatable bonds is 5. The Morgan fingerprint density at radius 3 is 2.74 bits per heavy atom. The number of amides is 1. The van der Waals surface area contributed by atoms with Gasteiger partial charge in [-0.2, -0.15) is 0 Å². The lowest BCUT2D eigenvalue weighted by Gasteiger charge is -2.22. The van der Waals surface area contributed by atoms with E-state index in [0.29, 0.717) is 18.8 Å². The summed E-state index contributed by atoms with van der Waals surface area (Å²) in [5.74, 6) is -0.722. The van der Waals surface area contributed by atoms with Crippen molar-refractivity contribution in [1.29, 1.82) is 0 Å². The normalized spacial score (nSPS) is 26.5. The fraction of sp³-hybridized carbons (Fsp3) is 0.556. The highest BCUT2D eigenvalue weighted by Crippen LogP contribution is 2.40. The number of hydrogen-bond acceptors (Lipinski definition) is 3. The van der Waals surface area contributed by atoms with E-state index in [1.165, 1.54) is 12.8 Å². The number of carboxylic acids is 1. The molecule has 5 nitrogen and oxygen atoms in total. The van der Waals surface area contributed by atoms with E-state index in [1.807, 2.05) is 24.3 Å². The SMILES string of the molecule is O=C(CCC1CCCNC1)NC1CC(C(=O)O)c2ccccc21. The van der Waals surface area contributed by atoms with Crippen LogP contribution in [0.15, 0.2) is 24.3 Å². The summed E-state index contributed by atoms with van der Waals surface area (Å²) in [4.78, 5) is 23.7. The van der Waals surface area contributed by atoms with Gasteiger partial charge in [0.1, 0.15) is 0 Å². The number of carboxylic acid groups (broad SMARTS) is 1. The minimum Gasteiger partial charge on any atom is -0.481 e. The topological polar surface area (TPSA) is 78.4 Å². The summed E-state index contributed by atoms with van der Waals surface area (Å²) in [7, 11) is 0. The second-order valence-corrected chi connectivity index (χ2v) is 6.63. The highest BCUT2D eigenvalue weighted by molar-refractivity contribution is 5.80. The van der Waals surface area contributed by atoms with Gasteiger partial charge in [0.2, 0.25) is 5.91 Å².